The van der Waals surface area contributed by atoms with Crippen LogP contribution in [0.15, 0.2) is 47.5 Å². The van der Waals surface area contributed by atoms with E-state index in [1.165, 1.54) is 18.5 Å². The van der Waals surface area contributed by atoms with Crippen LogP contribution in [-0.2, 0) is 19.5 Å². The van der Waals surface area contributed by atoms with Crippen LogP contribution in [0.1, 0.15) is 62.9 Å². The number of tetrazole rings is 1. The van der Waals surface area contributed by atoms with Gasteiger partial charge in [-0.1, -0.05) is 57.4 Å². The van der Waals surface area contributed by atoms with Gasteiger partial charge < -0.3 is 0 Å². The van der Waals surface area contributed by atoms with Crippen molar-refractivity contribution < 1.29 is 0 Å². The van der Waals surface area contributed by atoms with E-state index >= 15 is 0 Å². The molecule has 4 aromatic rings. The molecule has 0 aliphatic rings. The SMILES string of the molecule is CCCCCc1c(C)n(CCCC)c(=O)n1Cc1ccc(-c2cnccc2-c2nnn[nH]2)cc1. The highest BCUT2D eigenvalue weighted by Crippen LogP contribution is 2.29. The molecule has 3 heterocycles. The van der Waals surface area contributed by atoms with Gasteiger partial charge in [0.2, 0.25) is 0 Å². The summed E-state index contributed by atoms with van der Waals surface area (Å²) >= 11 is 0. The maximum Gasteiger partial charge on any atom is 0.328 e. The number of nitrogens with zero attached hydrogens (tertiary/aromatic N) is 6. The molecule has 1 aromatic carbocycles. The molecule has 0 atom stereocenters. The van der Waals surface area contributed by atoms with Gasteiger partial charge in [-0.25, -0.2) is 9.89 Å². The normalized spacial score (nSPS) is 11.3. The number of unbranched alkanes of at least 4 members (excludes halogenated alkanes) is 3. The number of H-pyrrole nitrogens is 1. The minimum absolute atomic E-state index is 0.105. The molecule has 0 radical (unpaired) electrons. The third kappa shape index (κ3) is 5.00. The Hall–Kier alpha value is -3.55. The number of aromatic nitrogens is 7. The summed E-state index contributed by atoms with van der Waals surface area (Å²) in [5, 5.41) is 14.2. The summed E-state index contributed by atoms with van der Waals surface area (Å²) in [6.45, 7) is 7.83. The fourth-order valence-corrected chi connectivity index (χ4v) is 4.43. The average molecular weight is 460 g/mol. The lowest BCUT2D eigenvalue weighted by molar-refractivity contribution is 0.584. The third-order valence-corrected chi connectivity index (χ3v) is 6.39. The van der Waals surface area contributed by atoms with Gasteiger partial charge in [-0.05, 0) is 53.8 Å². The number of nitrogens with one attached hydrogen (secondary N) is 1. The Labute approximate surface area is 200 Å². The van der Waals surface area contributed by atoms with Crippen LogP contribution in [0.5, 0.6) is 0 Å². The fraction of sp³-hybridized carbons (Fsp3) is 0.423. The van der Waals surface area contributed by atoms with Crippen LogP contribution in [0.3, 0.4) is 0 Å². The molecule has 0 bridgehead atoms. The van der Waals surface area contributed by atoms with Crippen LogP contribution in [0, 0.1) is 6.92 Å². The maximum absolute atomic E-state index is 13.3. The third-order valence-electron chi connectivity index (χ3n) is 6.39. The average Bonchev–Trinajstić information content (AvgIpc) is 3.47. The molecule has 0 aliphatic carbocycles. The van der Waals surface area contributed by atoms with Gasteiger partial charge in [0.05, 0.1) is 6.54 Å². The molecule has 0 amide bonds. The van der Waals surface area contributed by atoms with E-state index in [4.69, 9.17) is 0 Å². The van der Waals surface area contributed by atoms with E-state index < -0.39 is 0 Å². The van der Waals surface area contributed by atoms with Crippen molar-refractivity contribution >= 4 is 0 Å². The van der Waals surface area contributed by atoms with Crippen LogP contribution in [-0.4, -0.2) is 34.7 Å². The van der Waals surface area contributed by atoms with Gasteiger partial charge in [0.25, 0.3) is 0 Å². The summed E-state index contributed by atoms with van der Waals surface area (Å²) < 4.78 is 3.94. The van der Waals surface area contributed by atoms with Crippen molar-refractivity contribution in [1.82, 2.24) is 34.7 Å². The first-order chi connectivity index (χ1) is 16.6. The Morgan fingerprint density at radius 2 is 1.74 bits per heavy atom. The van der Waals surface area contributed by atoms with Crippen molar-refractivity contribution in [3.05, 3.63) is 70.2 Å². The lowest BCUT2D eigenvalue weighted by atomic mass is 10.0. The number of hydrogen-bond donors (Lipinski definition) is 1. The van der Waals surface area contributed by atoms with Gasteiger partial charge in [-0.3, -0.25) is 14.1 Å². The number of pyridine rings is 1. The smallest absolute Gasteiger partial charge is 0.296 e. The van der Waals surface area contributed by atoms with Crippen LogP contribution in [0.25, 0.3) is 22.5 Å². The minimum Gasteiger partial charge on any atom is -0.296 e. The molecule has 0 aliphatic heterocycles. The molecular formula is C26H33N7O. The van der Waals surface area contributed by atoms with Crippen molar-refractivity contribution in [1.29, 1.82) is 0 Å². The van der Waals surface area contributed by atoms with E-state index in [0.717, 1.165) is 60.2 Å². The minimum atomic E-state index is 0.105. The highest BCUT2D eigenvalue weighted by atomic mass is 16.1. The first kappa shape index (κ1) is 23.6. The first-order valence-electron chi connectivity index (χ1n) is 12.2. The van der Waals surface area contributed by atoms with Gasteiger partial charge in [0, 0.05) is 41.5 Å². The van der Waals surface area contributed by atoms with E-state index in [2.05, 4.69) is 70.6 Å². The second kappa shape index (κ2) is 11.0. The van der Waals surface area contributed by atoms with Crippen molar-refractivity contribution in [2.24, 2.45) is 0 Å². The van der Waals surface area contributed by atoms with Gasteiger partial charge in [0.1, 0.15) is 0 Å². The fourth-order valence-electron chi connectivity index (χ4n) is 4.43. The number of hydrogen-bond acceptors (Lipinski definition) is 5. The standard InChI is InChI=1S/C26H33N7O/c1-4-6-8-9-24-19(3)32(16-7-5-2)26(34)33(24)18-20-10-12-21(13-11-20)23-17-27-15-14-22(23)25-28-30-31-29-25/h10-15,17H,4-9,16,18H2,1-3H3,(H,28,29,30,31). The van der Waals surface area contributed by atoms with Crippen molar-refractivity contribution in [2.75, 3.05) is 0 Å². The quantitative estimate of drug-likeness (QED) is 0.326. The molecular weight excluding hydrogens is 426 g/mol. The Morgan fingerprint density at radius 3 is 2.44 bits per heavy atom. The zero-order valence-corrected chi connectivity index (χ0v) is 20.3. The predicted molar refractivity (Wildman–Crippen MR) is 134 cm³/mol. The summed E-state index contributed by atoms with van der Waals surface area (Å²) in [5.74, 6) is 0.605. The van der Waals surface area contributed by atoms with Crippen molar-refractivity contribution in [2.45, 2.75) is 72.4 Å². The topological polar surface area (TPSA) is 94.3 Å². The Morgan fingerprint density at radius 1 is 0.941 bits per heavy atom. The van der Waals surface area contributed by atoms with Crippen LogP contribution in [0.4, 0.5) is 0 Å². The van der Waals surface area contributed by atoms with Gasteiger partial charge in [0.15, 0.2) is 5.82 Å². The Bertz CT molecular complexity index is 1250. The monoisotopic (exact) mass is 459 g/mol. The van der Waals surface area contributed by atoms with E-state index in [9.17, 15) is 4.79 Å². The summed E-state index contributed by atoms with van der Waals surface area (Å²) in [4.78, 5) is 17.6. The number of imidazole rings is 1. The predicted octanol–water partition coefficient (Wildman–Crippen LogP) is 4.78. The lowest BCUT2D eigenvalue weighted by Gasteiger charge is -2.10. The molecule has 8 nitrogen and oxygen atoms in total. The highest BCUT2D eigenvalue weighted by Gasteiger charge is 2.17. The summed E-state index contributed by atoms with van der Waals surface area (Å²) in [6.07, 6.45) is 10.0. The number of aromatic amines is 1. The Kier molecular flexibility index (Phi) is 7.67. The molecule has 3 aromatic heterocycles. The second-order valence-corrected chi connectivity index (χ2v) is 8.73. The molecule has 0 saturated carbocycles. The largest absolute Gasteiger partial charge is 0.328 e. The summed E-state index contributed by atoms with van der Waals surface area (Å²) in [7, 11) is 0. The maximum atomic E-state index is 13.3. The molecule has 0 saturated heterocycles. The van der Waals surface area contributed by atoms with Crippen LogP contribution < -0.4 is 5.69 Å². The number of rotatable bonds is 11. The second-order valence-electron chi connectivity index (χ2n) is 8.73. The first-order valence-corrected chi connectivity index (χ1v) is 12.2. The van der Waals surface area contributed by atoms with E-state index in [0.29, 0.717) is 12.4 Å². The van der Waals surface area contributed by atoms with Crippen molar-refractivity contribution in [3.8, 4) is 22.5 Å². The summed E-state index contributed by atoms with van der Waals surface area (Å²) in [6, 6.07) is 10.2. The van der Waals surface area contributed by atoms with Crippen LogP contribution in [0.2, 0.25) is 0 Å². The zero-order valence-electron chi connectivity index (χ0n) is 20.3. The molecule has 1 N–H and O–H groups in total. The molecule has 0 spiro atoms. The van der Waals surface area contributed by atoms with E-state index in [-0.39, 0.29) is 5.69 Å². The molecule has 8 heteroatoms. The lowest BCUT2D eigenvalue weighted by Crippen LogP contribution is -2.26. The molecule has 4 rings (SSSR count). The van der Waals surface area contributed by atoms with E-state index in [1.807, 2.05) is 21.4 Å². The Balaban J connectivity index is 1.62. The van der Waals surface area contributed by atoms with E-state index in [1.54, 1.807) is 6.20 Å². The summed E-state index contributed by atoms with van der Waals surface area (Å²) in [5.41, 5.74) is 6.36. The van der Waals surface area contributed by atoms with Crippen molar-refractivity contribution in [3.63, 3.8) is 0 Å². The molecule has 0 unspecified atom stereocenters. The molecule has 34 heavy (non-hydrogen) atoms. The zero-order chi connectivity index (χ0) is 23.9. The highest BCUT2D eigenvalue weighted by molar-refractivity contribution is 5.79. The van der Waals surface area contributed by atoms with Gasteiger partial charge in [-0.2, -0.15) is 0 Å². The molecule has 178 valence electrons. The van der Waals surface area contributed by atoms with Crippen LogP contribution >= 0.6 is 0 Å². The molecule has 0 fully saturated rings. The number of benzene rings is 1. The van der Waals surface area contributed by atoms with Gasteiger partial charge >= 0.3 is 5.69 Å². The van der Waals surface area contributed by atoms with Gasteiger partial charge in [-0.15, -0.1) is 5.10 Å².